The number of hydrogen-bond acceptors (Lipinski definition) is 4. The lowest BCUT2D eigenvalue weighted by atomic mass is 10.2. The van der Waals surface area contributed by atoms with Crippen LogP contribution in [0.1, 0.15) is 18.9 Å². The summed E-state index contributed by atoms with van der Waals surface area (Å²) in [5.41, 5.74) is 6.81. The van der Waals surface area contributed by atoms with Crippen LogP contribution < -0.4 is 5.73 Å². The first-order chi connectivity index (χ1) is 8.51. The first-order valence-corrected chi connectivity index (χ1v) is 7.54. The monoisotopic (exact) mass is 272 g/mol. The van der Waals surface area contributed by atoms with Gasteiger partial charge in [0.15, 0.2) is 0 Å². The standard InChI is InChI=1S/C12H20N2O3S/c1-2-7-14(8-9-15)18(16,17)10-11-5-3-4-6-12(11)13/h3-6,15H,2,7-10,13H2,1H3. The van der Waals surface area contributed by atoms with Crippen molar-refractivity contribution in [2.24, 2.45) is 0 Å². The Morgan fingerprint density at radius 3 is 2.50 bits per heavy atom. The van der Waals surface area contributed by atoms with Crippen molar-refractivity contribution in [2.75, 3.05) is 25.4 Å². The summed E-state index contributed by atoms with van der Waals surface area (Å²) >= 11 is 0. The molecule has 0 saturated heterocycles. The van der Waals surface area contributed by atoms with E-state index in [1.165, 1.54) is 4.31 Å². The average Bonchev–Trinajstić information content (AvgIpc) is 2.32. The summed E-state index contributed by atoms with van der Waals surface area (Å²) in [7, 11) is -3.43. The number of rotatable bonds is 7. The molecule has 0 bridgehead atoms. The molecule has 0 atom stereocenters. The van der Waals surface area contributed by atoms with Gasteiger partial charge in [0.1, 0.15) is 0 Å². The van der Waals surface area contributed by atoms with Crippen LogP contribution in [-0.4, -0.2) is 37.5 Å². The maximum absolute atomic E-state index is 12.2. The Kier molecular flexibility index (Phi) is 5.58. The van der Waals surface area contributed by atoms with Crippen LogP contribution >= 0.6 is 0 Å². The number of aliphatic hydroxyl groups is 1. The zero-order valence-electron chi connectivity index (χ0n) is 10.5. The second-order valence-electron chi connectivity index (χ2n) is 4.08. The highest BCUT2D eigenvalue weighted by Gasteiger charge is 2.21. The van der Waals surface area contributed by atoms with Crippen molar-refractivity contribution in [1.82, 2.24) is 4.31 Å². The number of hydrogen-bond donors (Lipinski definition) is 2. The normalized spacial score (nSPS) is 11.9. The van der Waals surface area contributed by atoms with Crippen LogP contribution in [0.2, 0.25) is 0 Å². The minimum absolute atomic E-state index is 0.125. The summed E-state index contributed by atoms with van der Waals surface area (Å²) in [4.78, 5) is 0. The Hall–Kier alpha value is -1.11. The number of benzene rings is 1. The number of nitrogens with two attached hydrogens (primary N) is 1. The maximum Gasteiger partial charge on any atom is 0.218 e. The van der Waals surface area contributed by atoms with Gasteiger partial charge in [-0.2, -0.15) is 4.31 Å². The van der Waals surface area contributed by atoms with Gasteiger partial charge in [0.2, 0.25) is 10.0 Å². The van der Waals surface area contributed by atoms with Gasteiger partial charge in [0, 0.05) is 18.8 Å². The molecule has 0 fully saturated rings. The molecule has 1 aromatic carbocycles. The van der Waals surface area contributed by atoms with E-state index in [1.807, 2.05) is 6.92 Å². The molecule has 1 aromatic rings. The molecule has 3 N–H and O–H groups in total. The quantitative estimate of drug-likeness (QED) is 0.719. The molecule has 0 heterocycles. The third kappa shape index (κ3) is 3.97. The summed E-state index contributed by atoms with van der Waals surface area (Å²) in [5, 5.41) is 8.92. The van der Waals surface area contributed by atoms with Crippen molar-refractivity contribution in [2.45, 2.75) is 19.1 Å². The highest BCUT2D eigenvalue weighted by molar-refractivity contribution is 7.88. The second kappa shape index (κ2) is 6.72. The Bertz CT molecular complexity index is 468. The summed E-state index contributed by atoms with van der Waals surface area (Å²) in [6.07, 6.45) is 0.712. The smallest absolute Gasteiger partial charge is 0.218 e. The number of anilines is 1. The molecular formula is C12H20N2O3S. The molecule has 0 amide bonds. The Balaban J connectivity index is 2.89. The SMILES string of the molecule is CCCN(CCO)S(=O)(=O)Cc1ccccc1N. The Morgan fingerprint density at radius 2 is 1.94 bits per heavy atom. The largest absolute Gasteiger partial charge is 0.398 e. The summed E-state index contributed by atoms with van der Waals surface area (Å²) in [6, 6.07) is 6.91. The molecule has 0 unspecified atom stereocenters. The first-order valence-electron chi connectivity index (χ1n) is 5.93. The maximum atomic E-state index is 12.2. The molecule has 0 aromatic heterocycles. The van der Waals surface area contributed by atoms with Crippen LogP contribution in [0.15, 0.2) is 24.3 Å². The highest BCUT2D eigenvalue weighted by Crippen LogP contribution is 2.16. The minimum atomic E-state index is -3.43. The molecule has 102 valence electrons. The summed E-state index contributed by atoms with van der Waals surface area (Å²) in [5.74, 6) is -0.125. The number of nitrogen functional groups attached to an aromatic ring is 1. The first kappa shape index (κ1) is 14.9. The predicted octanol–water partition coefficient (Wildman–Crippen LogP) is 0.803. The molecule has 0 spiro atoms. The summed E-state index contributed by atoms with van der Waals surface area (Å²) < 4.78 is 25.7. The molecule has 5 nitrogen and oxygen atoms in total. The molecule has 0 aliphatic rings. The van der Waals surface area contributed by atoms with Gasteiger partial charge in [-0.3, -0.25) is 0 Å². The van der Waals surface area contributed by atoms with E-state index in [9.17, 15) is 8.42 Å². The molecule has 1 rings (SSSR count). The van der Waals surface area contributed by atoms with Gasteiger partial charge in [-0.25, -0.2) is 8.42 Å². The zero-order chi connectivity index (χ0) is 13.6. The van der Waals surface area contributed by atoms with Crippen LogP contribution in [0.3, 0.4) is 0 Å². The van der Waals surface area contributed by atoms with E-state index in [1.54, 1.807) is 24.3 Å². The number of para-hydroxylation sites is 1. The van der Waals surface area contributed by atoms with E-state index in [4.69, 9.17) is 10.8 Å². The van der Waals surface area contributed by atoms with Crippen molar-refractivity contribution in [3.63, 3.8) is 0 Å². The van der Waals surface area contributed by atoms with Gasteiger partial charge < -0.3 is 10.8 Å². The Labute approximate surface area is 108 Å². The van der Waals surface area contributed by atoms with Crippen LogP contribution in [0.25, 0.3) is 0 Å². The van der Waals surface area contributed by atoms with Crippen LogP contribution in [-0.2, 0) is 15.8 Å². The third-order valence-electron chi connectivity index (χ3n) is 2.61. The van der Waals surface area contributed by atoms with E-state index < -0.39 is 10.0 Å². The van der Waals surface area contributed by atoms with Crippen LogP contribution in [0.5, 0.6) is 0 Å². The van der Waals surface area contributed by atoms with Gasteiger partial charge in [-0.15, -0.1) is 0 Å². The fourth-order valence-corrected chi connectivity index (χ4v) is 3.36. The van der Waals surface area contributed by atoms with Crippen molar-refractivity contribution in [1.29, 1.82) is 0 Å². The fourth-order valence-electron chi connectivity index (χ4n) is 1.70. The lowest BCUT2D eigenvalue weighted by Gasteiger charge is -2.21. The van der Waals surface area contributed by atoms with Gasteiger partial charge in [-0.05, 0) is 18.1 Å². The van der Waals surface area contributed by atoms with Gasteiger partial charge in [0.05, 0.1) is 12.4 Å². The van der Waals surface area contributed by atoms with Gasteiger partial charge >= 0.3 is 0 Å². The van der Waals surface area contributed by atoms with Crippen LogP contribution in [0, 0.1) is 0 Å². The third-order valence-corrected chi connectivity index (χ3v) is 4.44. The topological polar surface area (TPSA) is 83.6 Å². The molecule has 0 aliphatic carbocycles. The van der Waals surface area contributed by atoms with E-state index in [0.717, 1.165) is 0 Å². The Morgan fingerprint density at radius 1 is 1.28 bits per heavy atom. The zero-order valence-corrected chi connectivity index (χ0v) is 11.4. The molecule has 0 radical (unpaired) electrons. The van der Waals surface area contributed by atoms with Gasteiger partial charge in [-0.1, -0.05) is 25.1 Å². The lowest BCUT2D eigenvalue weighted by molar-refractivity contribution is 0.253. The highest BCUT2D eigenvalue weighted by atomic mass is 32.2. The number of sulfonamides is 1. The van der Waals surface area contributed by atoms with Crippen molar-refractivity contribution in [3.05, 3.63) is 29.8 Å². The van der Waals surface area contributed by atoms with Crippen molar-refractivity contribution >= 4 is 15.7 Å². The molecule has 6 heteroatoms. The fraction of sp³-hybridized carbons (Fsp3) is 0.500. The average molecular weight is 272 g/mol. The summed E-state index contributed by atoms with van der Waals surface area (Å²) in [6.45, 7) is 2.26. The van der Waals surface area contributed by atoms with E-state index >= 15 is 0 Å². The lowest BCUT2D eigenvalue weighted by Crippen LogP contribution is -2.35. The van der Waals surface area contributed by atoms with E-state index in [-0.39, 0.29) is 18.9 Å². The van der Waals surface area contributed by atoms with E-state index in [2.05, 4.69) is 0 Å². The van der Waals surface area contributed by atoms with E-state index in [0.29, 0.717) is 24.2 Å². The van der Waals surface area contributed by atoms with Crippen molar-refractivity contribution < 1.29 is 13.5 Å². The number of nitrogens with zero attached hydrogens (tertiary/aromatic N) is 1. The molecule has 0 saturated carbocycles. The van der Waals surface area contributed by atoms with Crippen LogP contribution in [0.4, 0.5) is 5.69 Å². The number of aliphatic hydroxyl groups excluding tert-OH is 1. The molecular weight excluding hydrogens is 252 g/mol. The van der Waals surface area contributed by atoms with Gasteiger partial charge in [0.25, 0.3) is 0 Å². The second-order valence-corrected chi connectivity index (χ2v) is 6.05. The molecule has 0 aliphatic heterocycles. The van der Waals surface area contributed by atoms with Crippen molar-refractivity contribution in [3.8, 4) is 0 Å². The minimum Gasteiger partial charge on any atom is -0.398 e. The predicted molar refractivity (Wildman–Crippen MR) is 72.4 cm³/mol. The molecule has 18 heavy (non-hydrogen) atoms.